The highest BCUT2D eigenvalue weighted by atomic mass is 32.2. The zero-order valence-electron chi connectivity index (χ0n) is 14.4. The van der Waals surface area contributed by atoms with Gasteiger partial charge in [-0.2, -0.15) is 0 Å². The van der Waals surface area contributed by atoms with Crippen molar-refractivity contribution in [2.45, 2.75) is 37.6 Å². The van der Waals surface area contributed by atoms with Crippen LogP contribution in [-0.2, 0) is 21.2 Å². The SMILES string of the molecule is CC(C)(C)Nc1ccc(NS(=O)(=O)c2ccc3c(c2)CC(=O)N3)cc1. The van der Waals surface area contributed by atoms with Gasteiger partial charge in [0.25, 0.3) is 10.0 Å². The van der Waals surface area contributed by atoms with Gasteiger partial charge in [0, 0.05) is 22.6 Å². The van der Waals surface area contributed by atoms with Crippen molar-refractivity contribution in [1.29, 1.82) is 0 Å². The van der Waals surface area contributed by atoms with Crippen molar-refractivity contribution in [3.63, 3.8) is 0 Å². The number of hydrogen-bond donors (Lipinski definition) is 3. The maximum absolute atomic E-state index is 12.6. The molecule has 1 aliphatic rings. The lowest BCUT2D eigenvalue weighted by molar-refractivity contribution is -0.115. The van der Waals surface area contributed by atoms with Crippen molar-refractivity contribution in [2.75, 3.05) is 15.4 Å². The molecule has 0 atom stereocenters. The molecule has 1 amide bonds. The van der Waals surface area contributed by atoms with Gasteiger partial charge in [-0.05, 0) is 68.8 Å². The number of benzene rings is 2. The predicted octanol–water partition coefficient (Wildman–Crippen LogP) is 3.19. The molecule has 0 spiro atoms. The van der Waals surface area contributed by atoms with Gasteiger partial charge in [0.15, 0.2) is 0 Å². The largest absolute Gasteiger partial charge is 0.380 e. The lowest BCUT2D eigenvalue weighted by Crippen LogP contribution is -2.25. The van der Waals surface area contributed by atoms with Gasteiger partial charge in [0.05, 0.1) is 11.3 Å². The first-order chi connectivity index (χ1) is 11.6. The Bertz CT molecular complexity index is 914. The minimum atomic E-state index is -3.71. The van der Waals surface area contributed by atoms with Gasteiger partial charge in [-0.3, -0.25) is 9.52 Å². The molecule has 3 rings (SSSR count). The second kappa shape index (κ2) is 6.07. The molecule has 132 valence electrons. The fourth-order valence-electron chi connectivity index (χ4n) is 2.64. The molecule has 2 aromatic rings. The van der Waals surface area contributed by atoms with Crippen molar-refractivity contribution in [3.05, 3.63) is 48.0 Å². The van der Waals surface area contributed by atoms with Crippen LogP contribution in [0.15, 0.2) is 47.4 Å². The summed E-state index contributed by atoms with van der Waals surface area (Å²) in [6.45, 7) is 6.16. The third-order valence-electron chi connectivity index (χ3n) is 3.67. The molecule has 0 fully saturated rings. The standard InChI is InChI=1S/C18H21N3O3S/c1-18(2,3)20-13-4-6-14(7-5-13)21-25(23,24)15-8-9-16-12(10-15)11-17(22)19-16/h4-10,20-21H,11H2,1-3H3,(H,19,22). The van der Waals surface area contributed by atoms with Crippen LogP contribution in [-0.4, -0.2) is 19.9 Å². The fourth-order valence-corrected chi connectivity index (χ4v) is 3.75. The second-order valence-corrected chi connectivity index (χ2v) is 8.78. The average molecular weight is 359 g/mol. The summed E-state index contributed by atoms with van der Waals surface area (Å²) < 4.78 is 27.7. The van der Waals surface area contributed by atoms with Crippen molar-refractivity contribution in [1.82, 2.24) is 0 Å². The maximum atomic E-state index is 12.6. The predicted molar refractivity (Wildman–Crippen MR) is 99.4 cm³/mol. The van der Waals surface area contributed by atoms with Crippen LogP contribution in [0.2, 0.25) is 0 Å². The summed E-state index contributed by atoms with van der Waals surface area (Å²) in [5.74, 6) is -0.126. The Morgan fingerprint density at radius 3 is 2.28 bits per heavy atom. The zero-order valence-corrected chi connectivity index (χ0v) is 15.2. The molecule has 3 N–H and O–H groups in total. The Hall–Kier alpha value is -2.54. The summed E-state index contributed by atoms with van der Waals surface area (Å²) in [7, 11) is -3.71. The van der Waals surface area contributed by atoms with Gasteiger partial charge in [0.1, 0.15) is 0 Å². The van der Waals surface area contributed by atoms with Crippen LogP contribution in [0.4, 0.5) is 17.1 Å². The highest BCUT2D eigenvalue weighted by Crippen LogP contribution is 2.27. The molecule has 1 heterocycles. The molecule has 6 nitrogen and oxygen atoms in total. The maximum Gasteiger partial charge on any atom is 0.261 e. The van der Waals surface area contributed by atoms with E-state index in [4.69, 9.17) is 0 Å². The summed E-state index contributed by atoms with van der Waals surface area (Å²) >= 11 is 0. The third-order valence-corrected chi connectivity index (χ3v) is 5.05. The van der Waals surface area contributed by atoms with Crippen LogP contribution in [0, 0.1) is 0 Å². The summed E-state index contributed by atoms with van der Waals surface area (Å²) in [5, 5.41) is 6.01. The number of anilines is 3. The van der Waals surface area contributed by atoms with Crippen LogP contribution >= 0.6 is 0 Å². The lowest BCUT2D eigenvalue weighted by atomic mass is 10.1. The highest BCUT2D eigenvalue weighted by Gasteiger charge is 2.22. The fraction of sp³-hybridized carbons (Fsp3) is 0.278. The Morgan fingerprint density at radius 2 is 1.64 bits per heavy atom. The van der Waals surface area contributed by atoms with Crippen LogP contribution in [0.5, 0.6) is 0 Å². The molecule has 0 saturated carbocycles. The smallest absolute Gasteiger partial charge is 0.261 e. The molecule has 0 saturated heterocycles. The van der Waals surface area contributed by atoms with Crippen LogP contribution in [0.25, 0.3) is 0 Å². The summed E-state index contributed by atoms with van der Waals surface area (Å²) in [6, 6.07) is 11.7. The Kier molecular flexibility index (Phi) is 4.20. The van der Waals surface area contributed by atoms with Crippen molar-refractivity contribution < 1.29 is 13.2 Å². The third kappa shape index (κ3) is 4.11. The molecule has 1 aliphatic heterocycles. The highest BCUT2D eigenvalue weighted by molar-refractivity contribution is 7.92. The number of nitrogens with one attached hydrogen (secondary N) is 3. The number of rotatable bonds is 4. The van der Waals surface area contributed by atoms with E-state index in [1.807, 2.05) is 12.1 Å². The Morgan fingerprint density at radius 1 is 1.00 bits per heavy atom. The molecule has 7 heteroatoms. The summed E-state index contributed by atoms with van der Waals surface area (Å²) in [4.78, 5) is 11.5. The molecule has 0 bridgehead atoms. The minimum Gasteiger partial charge on any atom is -0.380 e. The van der Waals surface area contributed by atoms with E-state index in [1.165, 1.54) is 12.1 Å². The van der Waals surface area contributed by atoms with E-state index < -0.39 is 10.0 Å². The Balaban J connectivity index is 1.78. The van der Waals surface area contributed by atoms with Gasteiger partial charge in [-0.25, -0.2) is 8.42 Å². The molecular formula is C18H21N3O3S. The van der Waals surface area contributed by atoms with Gasteiger partial charge >= 0.3 is 0 Å². The normalized spacial score (nSPS) is 14.0. The van der Waals surface area contributed by atoms with E-state index in [0.29, 0.717) is 16.9 Å². The first-order valence-corrected chi connectivity index (χ1v) is 9.45. The molecule has 0 aromatic heterocycles. The lowest BCUT2D eigenvalue weighted by Gasteiger charge is -2.22. The quantitative estimate of drug-likeness (QED) is 0.782. The summed E-state index contributed by atoms with van der Waals surface area (Å²) in [6.07, 6.45) is 0.200. The van der Waals surface area contributed by atoms with E-state index in [2.05, 4.69) is 36.1 Å². The van der Waals surface area contributed by atoms with Gasteiger partial charge in [-0.15, -0.1) is 0 Å². The van der Waals surface area contributed by atoms with Crippen LogP contribution < -0.4 is 15.4 Å². The number of carbonyl (C=O) groups is 1. The number of fused-ring (bicyclic) bond motifs is 1. The zero-order chi connectivity index (χ0) is 18.2. The number of carbonyl (C=O) groups excluding carboxylic acids is 1. The summed E-state index contributed by atoms with van der Waals surface area (Å²) in [5.41, 5.74) is 2.68. The topological polar surface area (TPSA) is 87.3 Å². The molecular weight excluding hydrogens is 338 g/mol. The monoisotopic (exact) mass is 359 g/mol. The van der Waals surface area contributed by atoms with E-state index in [0.717, 1.165) is 5.69 Å². The number of amides is 1. The van der Waals surface area contributed by atoms with E-state index in [1.54, 1.807) is 18.2 Å². The van der Waals surface area contributed by atoms with Crippen LogP contribution in [0.3, 0.4) is 0 Å². The van der Waals surface area contributed by atoms with Gasteiger partial charge < -0.3 is 10.6 Å². The number of sulfonamides is 1. The molecule has 0 radical (unpaired) electrons. The average Bonchev–Trinajstić information content (AvgIpc) is 2.86. The molecule has 0 unspecified atom stereocenters. The van der Waals surface area contributed by atoms with Gasteiger partial charge in [0.2, 0.25) is 5.91 Å². The first-order valence-electron chi connectivity index (χ1n) is 7.96. The minimum absolute atomic E-state index is 0.0725. The molecule has 2 aromatic carbocycles. The molecule has 25 heavy (non-hydrogen) atoms. The van der Waals surface area contributed by atoms with Crippen molar-refractivity contribution >= 4 is 33.0 Å². The van der Waals surface area contributed by atoms with Crippen molar-refractivity contribution in [3.8, 4) is 0 Å². The van der Waals surface area contributed by atoms with E-state index >= 15 is 0 Å². The van der Waals surface area contributed by atoms with Crippen LogP contribution in [0.1, 0.15) is 26.3 Å². The van der Waals surface area contributed by atoms with Gasteiger partial charge in [-0.1, -0.05) is 0 Å². The second-order valence-electron chi connectivity index (χ2n) is 7.10. The first kappa shape index (κ1) is 17.3. The number of hydrogen-bond acceptors (Lipinski definition) is 4. The molecule has 0 aliphatic carbocycles. The van der Waals surface area contributed by atoms with E-state index in [9.17, 15) is 13.2 Å². The van der Waals surface area contributed by atoms with Crippen molar-refractivity contribution in [2.24, 2.45) is 0 Å². The van der Waals surface area contributed by atoms with E-state index in [-0.39, 0.29) is 22.8 Å². The Labute approximate surface area is 147 Å².